The molecule has 0 aliphatic rings. The number of nitrogens with zero attached hydrogens (tertiary/aromatic N) is 3. The van der Waals surface area contributed by atoms with Gasteiger partial charge in [0.05, 0.1) is 10.4 Å². The summed E-state index contributed by atoms with van der Waals surface area (Å²) in [7, 11) is -3.28. The summed E-state index contributed by atoms with van der Waals surface area (Å²) in [6.45, 7) is 0. The highest BCUT2D eigenvalue weighted by molar-refractivity contribution is 7.90. The van der Waals surface area contributed by atoms with Gasteiger partial charge in [-0.25, -0.2) is 12.8 Å². The molecule has 0 unspecified atom stereocenters. The van der Waals surface area contributed by atoms with E-state index in [-0.39, 0.29) is 10.7 Å². The van der Waals surface area contributed by atoms with Crippen molar-refractivity contribution >= 4 is 15.4 Å². The van der Waals surface area contributed by atoms with E-state index in [1.807, 2.05) is 6.07 Å². The summed E-state index contributed by atoms with van der Waals surface area (Å²) in [6, 6.07) is 16.4. The molecule has 26 heavy (non-hydrogen) atoms. The Labute approximate surface area is 149 Å². The monoisotopic (exact) mass is 367 g/mol. The summed E-state index contributed by atoms with van der Waals surface area (Å²) in [5.41, 5.74) is 3.50. The van der Waals surface area contributed by atoms with Crippen LogP contribution in [0.15, 0.2) is 71.8 Å². The fourth-order valence-corrected chi connectivity index (χ4v) is 3.52. The van der Waals surface area contributed by atoms with Crippen LogP contribution >= 0.6 is 0 Å². The van der Waals surface area contributed by atoms with Crippen LogP contribution in [-0.4, -0.2) is 29.5 Å². The molecule has 0 fully saturated rings. The fourth-order valence-electron chi connectivity index (χ4n) is 2.88. The highest BCUT2D eigenvalue weighted by Crippen LogP contribution is 2.35. The van der Waals surface area contributed by atoms with E-state index in [4.69, 9.17) is 0 Å². The molecule has 7 heteroatoms. The normalized spacial score (nSPS) is 11.8. The van der Waals surface area contributed by atoms with Crippen LogP contribution in [0.5, 0.6) is 0 Å². The summed E-state index contributed by atoms with van der Waals surface area (Å²) in [5.74, 6) is -0.356. The molecular weight excluding hydrogens is 353 g/mol. The molecule has 0 bridgehead atoms. The van der Waals surface area contributed by atoms with Crippen LogP contribution < -0.4 is 0 Å². The van der Waals surface area contributed by atoms with Crippen LogP contribution in [0.2, 0.25) is 0 Å². The molecular formula is C19H14FN3O2S. The van der Waals surface area contributed by atoms with E-state index < -0.39 is 9.84 Å². The lowest BCUT2D eigenvalue weighted by Gasteiger charge is -2.05. The Balaban J connectivity index is 1.98. The molecule has 2 aromatic heterocycles. The maximum absolute atomic E-state index is 13.7. The quantitative estimate of drug-likeness (QED) is 0.555. The van der Waals surface area contributed by atoms with Crippen molar-refractivity contribution in [3.8, 4) is 22.4 Å². The highest BCUT2D eigenvalue weighted by atomic mass is 32.2. The summed E-state index contributed by atoms with van der Waals surface area (Å²) < 4.78 is 38.6. The summed E-state index contributed by atoms with van der Waals surface area (Å²) in [6.07, 6.45) is 2.78. The van der Waals surface area contributed by atoms with Crippen molar-refractivity contribution < 1.29 is 12.8 Å². The Morgan fingerprint density at radius 1 is 0.962 bits per heavy atom. The molecule has 2 heterocycles. The minimum Gasteiger partial charge on any atom is -0.224 e. The number of sulfone groups is 1. The topological polar surface area (TPSA) is 64.3 Å². The van der Waals surface area contributed by atoms with Crippen LogP contribution in [0.3, 0.4) is 0 Å². The molecule has 0 N–H and O–H groups in total. The van der Waals surface area contributed by atoms with Gasteiger partial charge in [-0.3, -0.25) is 0 Å². The van der Waals surface area contributed by atoms with E-state index in [1.54, 1.807) is 48.7 Å². The maximum Gasteiger partial charge on any atom is 0.175 e. The van der Waals surface area contributed by atoms with Gasteiger partial charge in [-0.2, -0.15) is 9.73 Å². The van der Waals surface area contributed by atoms with Crippen LogP contribution in [-0.2, 0) is 9.84 Å². The zero-order chi connectivity index (χ0) is 18.3. The second kappa shape index (κ2) is 6.03. The number of benzene rings is 2. The first kappa shape index (κ1) is 16.4. The summed E-state index contributed by atoms with van der Waals surface area (Å²) >= 11 is 0. The van der Waals surface area contributed by atoms with Gasteiger partial charge in [0.15, 0.2) is 9.84 Å². The van der Waals surface area contributed by atoms with E-state index >= 15 is 0 Å². The summed E-state index contributed by atoms with van der Waals surface area (Å²) in [5, 5.41) is 8.70. The predicted molar refractivity (Wildman–Crippen MR) is 96.9 cm³/mol. The van der Waals surface area contributed by atoms with Gasteiger partial charge in [0.25, 0.3) is 0 Å². The van der Waals surface area contributed by atoms with Crippen molar-refractivity contribution in [2.75, 3.05) is 6.26 Å². The molecule has 0 amide bonds. The number of aromatic nitrogens is 3. The number of fused-ring (bicyclic) bond motifs is 1. The van der Waals surface area contributed by atoms with Crippen LogP contribution in [0.1, 0.15) is 0 Å². The van der Waals surface area contributed by atoms with Crippen LogP contribution in [0.25, 0.3) is 27.9 Å². The molecule has 0 spiro atoms. The molecule has 0 aliphatic carbocycles. The van der Waals surface area contributed by atoms with Gasteiger partial charge in [-0.05, 0) is 42.0 Å². The SMILES string of the molecule is CS(=O)(=O)c1ccc(-c2c(-c3cccc(F)c3)nn3ncccc23)cc1. The first-order chi connectivity index (χ1) is 12.4. The number of rotatable bonds is 3. The van der Waals surface area contributed by atoms with Crippen LogP contribution in [0.4, 0.5) is 4.39 Å². The predicted octanol–water partition coefficient (Wildman–Crippen LogP) is 3.61. The van der Waals surface area contributed by atoms with Crippen molar-refractivity contribution in [1.82, 2.24) is 14.8 Å². The molecule has 0 saturated carbocycles. The van der Waals surface area contributed by atoms with Crippen molar-refractivity contribution in [2.24, 2.45) is 0 Å². The largest absolute Gasteiger partial charge is 0.224 e. The minimum absolute atomic E-state index is 0.239. The molecule has 2 aromatic carbocycles. The van der Waals surface area contributed by atoms with Crippen molar-refractivity contribution in [1.29, 1.82) is 0 Å². The summed E-state index contributed by atoms with van der Waals surface area (Å²) in [4.78, 5) is 0.239. The third-order valence-corrected chi connectivity index (χ3v) is 5.22. The standard InChI is InChI=1S/C19H14FN3O2S/c1-26(24,25)16-9-7-13(8-10-16)18-17-6-3-11-21-23(17)22-19(18)14-4-2-5-15(20)12-14/h2-12H,1H3. The molecule has 4 rings (SSSR count). The van der Waals surface area contributed by atoms with Gasteiger partial charge >= 0.3 is 0 Å². The highest BCUT2D eigenvalue weighted by Gasteiger charge is 2.18. The maximum atomic E-state index is 13.7. The zero-order valence-electron chi connectivity index (χ0n) is 13.8. The van der Waals surface area contributed by atoms with Gasteiger partial charge in [0, 0.05) is 23.6 Å². The van der Waals surface area contributed by atoms with E-state index in [0.717, 1.165) is 16.6 Å². The van der Waals surface area contributed by atoms with Crippen molar-refractivity contribution in [3.63, 3.8) is 0 Å². The molecule has 0 radical (unpaired) electrons. The average Bonchev–Trinajstić information content (AvgIpc) is 3.00. The molecule has 5 nitrogen and oxygen atoms in total. The van der Waals surface area contributed by atoms with E-state index in [0.29, 0.717) is 11.3 Å². The lowest BCUT2D eigenvalue weighted by molar-refractivity contribution is 0.602. The Morgan fingerprint density at radius 3 is 2.42 bits per heavy atom. The number of hydrogen-bond acceptors (Lipinski definition) is 4. The first-order valence-corrected chi connectivity index (χ1v) is 9.73. The molecule has 0 saturated heterocycles. The van der Waals surface area contributed by atoms with E-state index in [9.17, 15) is 12.8 Å². The van der Waals surface area contributed by atoms with E-state index in [1.165, 1.54) is 23.0 Å². The Kier molecular flexibility index (Phi) is 3.81. The third kappa shape index (κ3) is 2.86. The van der Waals surface area contributed by atoms with E-state index in [2.05, 4.69) is 10.2 Å². The minimum atomic E-state index is -3.28. The van der Waals surface area contributed by atoms with Gasteiger partial charge in [-0.15, -0.1) is 5.10 Å². The number of halogens is 1. The molecule has 0 atom stereocenters. The Bertz CT molecular complexity index is 1220. The third-order valence-electron chi connectivity index (χ3n) is 4.09. The first-order valence-electron chi connectivity index (χ1n) is 7.84. The van der Waals surface area contributed by atoms with Gasteiger partial charge in [-0.1, -0.05) is 24.3 Å². The van der Waals surface area contributed by atoms with Crippen LogP contribution in [0, 0.1) is 5.82 Å². The fraction of sp³-hybridized carbons (Fsp3) is 0.0526. The second-order valence-electron chi connectivity index (χ2n) is 5.93. The Morgan fingerprint density at radius 2 is 1.73 bits per heavy atom. The lowest BCUT2D eigenvalue weighted by atomic mass is 10.00. The molecule has 4 aromatic rings. The van der Waals surface area contributed by atoms with Gasteiger partial charge < -0.3 is 0 Å². The molecule has 0 aliphatic heterocycles. The average molecular weight is 367 g/mol. The second-order valence-corrected chi connectivity index (χ2v) is 7.94. The number of hydrogen-bond donors (Lipinski definition) is 0. The Hall–Kier alpha value is -3.06. The van der Waals surface area contributed by atoms with Crippen molar-refractivity contribution in [2.45, 2.75) is 4.90 Å². The molecule has 130 valence electrons. The lowest BCUT2D eigenvalue weighted by Crippen LogP contribution is -1.96. The van der Waals surface area contributed by atoms with Crippen molar-refractivity contribution in [3.05, 3.63) is 72.7 Å². The zero-order valence-corrected chi connectivity index (χ0v) is 14.6. The van der Waals surface area contributed by atoms with Gasteiger partial charge in [0.2, 0.25) is 0 Å². The van der Waals surface area contributed by atoms with Gasteiger partial charge in [0.1, 0.15) is 11.5 Å². The smallest absolute Gasteiger partial charge is 0.175 e.